The Morgan fingerprint density at radius 1 is 1.10 bits per heavy atom. The summed E-state index contributed by atoms with van der Waals surface area (Å²) in [5.41, 5.74) is 1.20. The number of carbonyl (C=O) groups excluding carboxylic acids is 1. The van der Waals surface area contributed by atoms with Gasteiger partial charge in [-0.1, -0.05) is 19.8 Å². The number of nitrogens with one attached hydrogen (secondary N) is 3. The molecule has 1 aromatic heterocycles. The SMILES string of the molecule is CCC1C2=CC=NC2=C[NH+]1c1c2c(cc3c(=O)cc(C)oc13)C[C@@H](OOC[C@H](O)[C@](O)(C[NH+]1CC=C3N=CC=C31)[C@H](O)[C@H](O)CO)[C@@](C)(CC[C@H]1CNC(=O)C13CCCC3)O2. The Kier molecular flexibility index (Phi) is 11.1. The minimum Gasteiger partial charge on any atom is -0.478 e. The van der Waals surface area contributed by atoms with E-state index in [1.54, 1.807) is 31.5 Å². The zero-order valence-corrected chi connectivity index (χ0v) is 34.9. The van der Waals surface area contributed by atoms with Gasteiger partial charge in [-0.2, -0.15) is 0 Å². The Morgan fingerprint density at radius 2 is 1.87 bits per heavy atom. The van der Waals surface area contributed by atoms with E-state index in [2.05, 4.69) is 28.4 Å². The summed E-state index contributed by atoms with van der Waals surface area (Å²) in [5.74, 6) is 1.22. The molecule has 0 bridgehead atoms. The normalized spacial score (nSPS) is 30.6. The molecule has 10 atom stereocenters. The van der Waals surface area contributed by atoms with E-state index < -0.39 is 54.2 Å². The van der Waals surface area contributed by atoms with E-state index in [9.17, 15) is 35.1 Å². The predicted octanol–water partition coefficient (Wildman–Crippen LogP) is -0.0840. The first kappa shape index (κ1) is 42.0. The summed E-state index contributed by atoms with van der Waals surface area (Å²) in [7, 11) is 0. The molecule has 6 aliphatic heterocycles. The van der Waals surface area contributed by atoms with Crippen molar-refractivity contribution in [1.29, 1.82) is 0 Å². The van der Waals surface area contributed by atoms with Gasteiger partial charge in [-0.3, -0.25) is 29.4 Å². The van der Waals surface area contributed by atoms with Crippen LogP contribution in [0.25, 0.3) is 11.0 Å². The average Bonchev–Trinajstić information content (AvgIpc) is 4.10. The summed E-state index contributed by atoms with van der Waals surface area (Å²) in [6.07, 6.45) is 10.6. The van der Waals surface area contributed by atoms with Crippen molar-refractivity contribution < 1.29 is 59.1 Å². The van der Waals surface area contributed by atoms with Crippen LogP contribution in [0.3, 0.4) is 0 Å². The van der Waals surface area contributed by atoms with Crippen LogP contribution in [0.2, 0.25) is 0 Å². The van der Waals surface area contributed by atoms with Gasteiger partial charge in [0.15, 0.2) is 22.5 Å². The van der Waals surface area contributed by atoms with Gasteiger partial charge in [0, 0.05) is 61.2 Å². The van der Waals surface area contributed by atoms with Crippen molar-refractivity contribution in [1.82, 2.24) is 5.32 Å². The third-order valence-corrected chi connectivity index (χ3v) is 14.5. The number of ether oxygens (including phenoxy) is 1. The van der Waals surface area contributed by atoms with Crippen molar-refractivity contribution in [3.05, 3.63) is 80.8 Å². The minimum atomic E-state index is -2.36. The van der Waals surface area contributed by atoms with E-state index in [1.807, 2.05) is 19.1 Å². The van der Waals surface area contributed by atoms with E-state index in [0.29, 0.717) is 64.6 Å². The number of aliphatic hydroxyl groups excluding tert-OH is 4. The fourth-order valence-electron chi connectivity index (χ4n) is 11.0. The molecule has 1 aromatic carbocycles. The molecule has 1 saturated heterocycles. The van der Waals surface area contributed by atoms with Gasteiger partial charge in [-0.15, -0.1) is 0 Å². The molecule has 16 nitrogen and oxygen atoms in total. The molecule has 7 heterocycles. The van der Waals surface area contributed by atoms with Crippen LogP contribution in [0.1, 0.15) is 70.1 Å². The zero-order valence-electron chi connectivity index (χ0n) is 34.9. The number of hydrogen-bond donors (Lipinski definition) is 8. The van der Waals surface area contributed by atoms with Gasteiger partial charge in [0.1, 0.15) is 79.1 Å². The minimum absolute atomic E-state index is 0.0230. The lowest BCUT2D eigenvalue weighted by molar-refractivity contribution is -0.856. The average molecular weight is 844 g/mol. The molecular formula is C45H57N5O11+2. The van der Waals surface area contributed by atoms with Crippen LogP contribution in [0.5, 0.6) is 5.75 Å². The van der Waals surface area contributed by atoms with Gasteiger partial charge in [-0.25, -0.2) is 9.78 Å². The summed E-state index contributed by atoms with van der Waals surface area (Å²) >= 11 is 0. The lowest BCUT2D eigenvalue weighted by Gasteiger charge is -2.43. The Balaban J connectivity index is 1.05. The molecule has 2 aromatic rings. The number of rotatable bonds is 15. The first-order chi connectivity index (χ1) is 29.3. The highest BCUT2D eigenvalue weighted by molar-refractivity contribution is 5.91. The van der Waals surface area contributed by atoms with Crippen LogP contribution in [0.15, 0.2) is 78.4 Å². The second-order valence-electron chi connectivity index (χ2n) is 18.1. The van der Waals surface area contributed by atoms with Crippen LogP contribution < -0.4 is 25.3 Å². The Hall–Kier alpha value is -4.36. The fourth-order valence-corrected chi connectivity index (χ4v) is 11.0. The fraction of sp³-hybridized carbons (Fsp3) is 0.556. The molecule has 1 aliphatic carbocycles. The van der Waals surface area contributed by atoms with Crippen LogP contribution in [0.4, 0.5) is 5.69 Å². The second-order valence-corrected chi connectivity index (χ2v) is 18.1. The van der Waals surface area contributed by atoms with E-state index in [-0.39, 0.29) is 36.3 Å². The van der Waals surface area contributed by atoms with E-state index in [4.69, 9.17) is 18.9 Å². The smallest absolute Gasteiger partial charge is 0.226 e. The maximum atomic E-state index is 13.7. The third kappa shape index (κ3) is 7.05. The molecule has 7 aliphatic rings. The van der Waals surface area contributed by atoms with Crippen molar-refractivity contribution in [3.8, 4) is 5.75 Å². The van der Waals surface area contributed by atoms with Crippen LogP contribution in [0, 0.1) is 18.3 Å². The van der Waals surface area contributed by atoms with Gasteiger partial charge >= 0.3 is 0 Å². The largest absolute Gasteiger partial charge is 0.478 e. The predicted molar refractivity (Wildman–Crippen MR) is 222 cm³/mol. The van der Waals surface area contributed by atoms with E-state index >= 15 is 0 Å². The van der Waals surface area contributed by atoms with Crippen molar-refractivity contribution in [2.24, 2.45) is 21.3 Å². The standard InChI is InChI=1S/C45H55N5O11/c1-4-32-28-8-14-47-31(28)21-50(32)38-39-26(18-29-34(52)17-25(2)59-40(29)38)19-37(43(3,60-39)13-7-27-20-48-42(56)44(27)11-5-6-12-44)61-58-23-36(54)45(57,41(55)35(53)22-51)24-49-16-10-30-33(49)9-15-46-30/h8-10,14-15,17-18,21,27,32,35-37,41,51,53-55,57H,4-7,11-13,16,19-20,22-24H2,1-3H3,(H,48,56)/p+2/t27-,32?,35+,36-,37+,41+,43+,45+/m0/s1. The molecule has 16 heteroatoms. The van der Waals surface area contributed by atoms with Gasteiger partial charge in [-0.05, 0) is 57.6 Å². The highest BCUT2D eigenvalue weighted by Crippen LogP contribution is 2.51. The summed E-state index contributed by atoms with van der Waals surface area (Å²) in [5, 5.41) is 58.5. The molecule has 1 saturated carbocycles. The Bertz CT molecular complexity index is 2340. The molecule has 8 N–H and O–H groups in total. The molecule has 1 amide bonds. The van der Waals surface area contributed by atoms with Crippen molar-refractivity contribution in [3.63, 3.8) is 0 Å². The number of allylic oxidation sites excluding steroid dienone is 2. The molecule has 61 heavy (non-hydrogen) atoms. The van der Waals surface area contributed by atoms with Crippen LogP contribution >= 0.6 is 0 Å². The topological polar surface area (TPSA) is 222 Å². The summed E-state index contributed by atoms with van der Waals surface area (Å²) in [6.45, 7) is 5.08. The van der Waals surface area contributed by atoms with E-state index in [1.165, 1.54) is 6.07 Å². The van der Waals surface area contributed by atoms with Gasteiger partial charge in [0.05, 0.1) is 17.4 Å². The second kappa shape index (κ2) is 16.1. The van der Waals surface area contributed by atoms with Crippen LogP contribution in [-0.2, 0) is 21.0 Å². The molecule has 9 rings (SSSR count). The highest BCUT2D eigenvalue weighted by Gasteiger charge is 2.55. The lowest BCUT2D eigenvalue weighted by Crippen LogP contribution is -3.11. The van der Waals surface area contributed by atoms with Crippen molar-refractivity contribution >= 4 is 35.0 Å². The van der Waals surface area contributed by atoms with Crippen molar-refractivity contribution in [2.45, 2.75) is 114 Å². The molecule has 326 valence electrons. The van der Waals surface area contributed by atoms with Crippen LogP contribution in [-0.4, -0.2) is 118 Å². The summed E-state index contributed by atoms with van der Waals surface area (Å²) in [4.78, 5) is 49.6. The number of nitrogens with zero attached hydrogens (tertiary/aromatic N) is 2. The third-order valence-electron chi connectivity index (χ3n) is 14.5. The maximum absolute atomic E-state index is 13.7. The quantitative estimate of drug-likeness (QED) is 0.0876. The molecular weight excluding hydrogens is 787 g/mol. The first-order valence-corrected chi connectivity index (χ1v) is 21.7. The van der Waals surface area contributed by atoms with Crippen molar-refractivity contribution in [2.75, 3.05) is 32.8 Å². The van der Waals surface area contributed by atoms with E-state index in [0.717, 1.165) is 59.7 Å². The van der Waals surface area contributed by atoms with Gasteiger partial charge in [0.2, 0.25) is 17.2 Å². The number of benzene rings is 1. The number of fused-ring (bicyclic) bond motifs is 4. The maximum Gasteiger partial charge on any atom is 0.226 e. The number of hydrogen-bond acceptors (Lipinski definition) is 13. The number of aryl methyl sites for hydroxylation is 1. The highest BCUT2D eigenvalue weighted by atomic mass is 17.2. The number of aliphatic imine (C=N–C) groups is 2. The first-order valence-electron chi connectivity index (χ1n) is 21.7. The number of quaternary nitrogens is 2. The lowest BCUT2D eigenvalue weighted by atomic mass is 9.72. The molecule has 3 unspecified atom stereocenters. The van der Waals surface area contributed by atoms with Gasteiger partial charge < -0.3 is 40.0 Å². The zero-order chi connectivity index (χ0) is 42.8. The number of aliphatic hydroxyl groups is 5. The van der Waals surface area contributed by atoms with Gasteiger partial charge in [0.25, 0.3) is 0 Å². The Morgan fingerprint density at radius 3 is 2.64 bits per heavy atom. The Labute approximate surface area is 353 Å². The molecule has 1 spiro atoms. The summed E-state index contributed by atoms with van der Waals surface area (Å²) < 4.78 is 13.6. The summed E-state index contributed by atoms with van der Waals surface area (Å²) in [6, 6.07) is 3.23. The number of carbonyl (C=O) groups is 1. The number of amides is 1. The molecule has 2 fully saturated rings. The monoisotopic (exact) mass is 843 g/mol. The molecule has 0 radical (unpaired) electrons.